The van der Waals surface area contributed by atoms with Crippen molar-refractivity contribution in [1.82, 2.24) is 29.4 Å². The summed E-state index contributed by atoms with van der Waals surface area (Å²) in [5.74, 6) is 0.226. The van der Waals surface area contributed by atoms with Gasteiger partial charge in [-0.05, 0) is 30.3 Å². The van der Waals surface area contributed by atoms with Crippen molar-refractivity contribution < 1.29 is 9.18 Å². The van der Waals surface area contributed by atoms with E-state index in [4.69, 9.17) is 5.10 Å². The summed E-state index contributed by atoms with van der Waals surface area (Å²) in [5, 5.41) is 15.9. The molecule has 0 spiro atoms. The van der Waals surface area contributed by atoms with Gasteiger partial charge in [0.05, 0.1) is 6.54 Å². The first-order valence-electron chi connectivity index (χ1n) is 9.92. The molecule has 8 nitrogen and oxygen atoms in total. The van der Waals surface area contributed by atoms with Crippen molar-refractivity contribution in [1.29, 1.82) is 0 Å². The number of hydrogen-bond acceptors (Lipinski definition) is 4. The maximum Gasteiger partial charge on any atom is 0.322 e. The van der Waals surface area contributed by atoms with Crippen LogP contribution in [-0.4, -0.2) is 42.0 Å². The second kappa shape index (κ2) is 7.67. The zero-order valence-corrected chi connectivity index (χ0v) is 16.9. The van der Waals surface area contributed by atoms with E-state index in [0.29, 0.717) is 36.7 Å². The third kappa shape index (κ3) is 3.54. The lowest BCUT2D eigenvalue weighted by molar-refractivity contribution is 0.206. The lowest BCUT2D eigenvalue weighted by Crippen LogP contribution is -2.39. The number of para-hydroxylation sites is 1. The predicted molar refractivity (Wildman–Crippen MR) is 113 cm³/mol. The zero-order chi connectivity index (χ0) is 21.4. The molecule has 9 heteroatoms. The van der Waals surface area contributed by atoms with Gasteiger partial charge in [-0.1, -0.05) is 24.3 Å². The molecule has 2 amide bonds. The highest BCUT2D eigenvalue weighted by Gasteiger charge is 2.29. The van der Waals surface area contributed by atoms with E-state index in [1.165, 1.54) is 12.1 Å². The number of fused-ring (bicyclic) bond motifs is 1. The smallest absolute Gasteiger partial charge is 0.320 e. The van der Waals surface area contributed by atoms with E-state index in [2.05, 4.69) is 15.5 Å². The molecule has 2 aromatic carbocycles. The number of amides is 2. The van der Waals surface area contributed by atoms with E-state index in [9.17, 15) is 9.18 Å². The van der Waals surface area contributed by atoms with Crippen LogP contribution in [0, 0.1) is 5.82 Å². The predicted octanol–water partition coefficient (Wildman–Crippen LogP) is 3.40. The van der Waals surface area contributed by atoms with Crippen LogP contribution in [0.5, 0.6) is 0 Å². The number of benzene rings is 2. The maximum absolute atomic E-state index is 13.5. The quantitative estimate of drug-likeness (QED) is 0.554. The average molecular weight is 417 g/mol. The summed E-state index contributed by atoms with van der Waals surface area (Å²) in [6.07, 6.45) is 2.32. The molecule has 4 aromatic rings. The Kier molecular flexibility index (Phi) is 4.70. The van der Waals surface area contributed by atoms with E-state index in [1.54, 1.807) is 23.4 Å². The summed E-state index contributed by atoms with van der Waals surface area (Å²) in [4.78, 5) is 14.5. The Morgan fingerprint density at radius 1 is 1.13 bits per heavy atom. The molecule has 0 radical (unpaired) electrons. The molecule has 0 aliphatic carbocycles. The molecular formula is C22H20FN7O. The van der Waals surface area contributed by atoms with Crippen LogP contribution in [0.15, 0.2) is 60.9 Å². The van der Waals surface area contributed by atoms with Crippen molar-refractivity contribution >= 4 is 11.7 Å². The summed E-state index contributed by atoms with van der Waals surface area (Å²) in [7, 11) is 1.90. The molecule has 0 bridgehead atoms. The van der Waals surface area contributed by atoms with Crippen LogP contribution in [0.1, 0.15) is 11.3 Å². The molecule has 2 aromatic heterocycles. The summed E-state index contributed by atoms with van der Waals surface area (Å²) in [6, 6.07) is 15.4. The first-order chi connectivity index (χ1) is 15.1. The summed E-state index contributed by atoms with van der Waals surface area (Å²) in [6.45, 7) is 0.916. The Labute approximate surface area is 177 Å². The minimum Gasteiger partial charge on any atom is -0.320 e. The number of carbonyl (C=O) groups is 1. The van der Waals surface area contributed by atoms with Gasteiger partial charge in [-0.15, -0.1) is 10.2 Å². The van der Waals surface area contributed by atoms with E-state index in [1.807, 2.05) is 46.6 Å². The maximum atomic E-state index is 13.5. The minimum atomic E-state index is -0.395. The average Bonchev–Trinajstić information content (AvgIpc) is 3.39. The third-order valence-corrected chi connectivity index (χ3v) is 5.40. The van der Waals surface area contributed by atoms with E-state index >= 15 is 0 Å². The topological polar surface area (TPSA) is 80.9 Å². The monoisotopic (exact) mass is 417 g/mol. The van der Waals surface area contributed by atoms with Gasteiger partial charge in [-0.25, -0.2) is 9.18 Å². The molecule has 156 valence electrons. The van der Waals surface area contributed by atoms with Crippen LogP contribution >= 0.6 is 0 Å². The van der Waals surface area contributed by atoms with Crippen LogP contribution in [-0.2, 0) is 20.0 Å². The number of urea groups is 1. The zero-order valence-electron chi connectivity index (χ0n) is 16.9. The SMILES string of the molecule is Cn1nc(-c2nncn2-c2ccccc2)c2c1CCN(C(=O)Nc1cccc(F)c1)C2. The van der Waals surface area contributed by atoms with Crippen LogP contribution < -0.4 is 5.32 Å². The van der Waals surface area contributed by atoms with Crippen molar-refractivity contribution in [2.24, 2.45) is 7.05 Å². The second-order valence-corrected chi connectivity index (χ2v) is 7.37. The number of anilines is 1. The summed E-state index contributed by atoms with van der Waals surface area (Å²) < 4.78 is 17.2. The molecule has 1 aliphatic heterocycles. The highest BCUT2D eigenvalue weighted by molar-refractivity contribution is 5.89. The van der Waals surface area contributed by atoms with Crippen LogP contribution in [0.2, 0.25) is 0 Å². The van der Waals surface area contributed by atoms with Crippen molar-refractivity contribution in [2.45, 2.75) is 13.0 Å². The molecular weight excluding hydrogens is 397 g/mol. The minimum absolute atomic E-state index is 0.282. The van der Waals surface area contributed by atoms with Gasteiger partial charge < -0.3 is 10.2 Å². The Balaban J connectivity index is 1.45. The molecule has 1 N–H and O–H groups in total. The van der Waals surface area contributed by atoms with Gasteiger partial charge in [0, 0.05) is 42.6 Å². The molecule has 0 unspecified atom stereocenters. The van der Waals surface area contributed by atoms with Crippen molar-refractivity contribution in [2.75, 3.05) is 11.9 Å². The van der Waals surface area contributed by atoms with Gasteiger partial charge in [-0.3, -0.25) is 9.25 Å². The standard InChI is InChI=1S/C22H20FN7O/c1-28-19-10-11-29(22(31)25-16-7-5-6-15(23)12-16)13-18(19)20(27-28)21-26-24-14-30(21)17-8-3-2-4-9-17/h2-9,12,14H,10-11,13H2,1H3,(H,25,31). The molecule has 3 heterocycles. The molecule has 0 fully saturated rings. The molecule has 0 saturated heterocycles. The van der Waals surface area contributed by atoms with Gasteiger partial charge in [0.1, 0.15) is 17.8 Å². The highest BCUT2D eigenvalue weighted by Crippen LogP contribution is 2.30. The Bertz CT molecular complexity index is 1250. The number of halogens is 1. The van der Waals surface area contributed by atoms with E-state index < -0.39 is 5.82 Å². The summed E-state index contributed by atoms with van der Waals surface area (Å²) >= 11 is 0. The van der Waals surface area contributed by atoms with E-state index in [-0.39, 0.29) is 6.03 Å². The lowest BCUT2D eigenvalue weighted by Gasteiger charge is -2.27. The first-order valence-corrected chi connectivity index (χ1v) is 9.92. The Hall–Kier alpha value is -4.01. The highest BCUT2D eigenvalue weighted by atomic mass is 19.1. The van der Waals surface area contributed by atoms with E-state index in [0.717, 1.165) is 16.9 Å². The van der Waals surface area contributed by atoms with Gasteiger partial charge in [0.15, 0.2) is 5.82 Å². The van der Waals surface area contributed by atoms with Crippen molar-refractivity contribution in [3.05, 3.63) is 78.0 Å². The molecule has 0 saturated carbocycles. The Morgan fingerprint density at radius 3 is 2.77 bits per heavy atom. The van der Waals surface area contributed by atoms with Crippen molar-refractivity contribution in [3.63, 3.8) is 0 Å². The number of aryl methyl sites for hydroxylation is 1. The molecule has 1 aliphatic rings. The fourth-order valence-corrected chi connectivity index (χ4v) is 3.89. The van der Waals surface area contributed by atoms with Gasteiger partial charge in [-0.2, -0.15) is 5.10 Å². The van der Waals surface area contributed by atoms with Gasteiger partial charge in [0.25, 0.3) is 0 Å². The van der Waals surface area contributed by atoms with Crippen molar-refractivity contribution in [3.8, 4) is 17.2 Å². The normalized spacial score (nSPS) is 13.2. The largest absolute Gasteiger partial charge is 0.322 e. The number of nitrogens with zero attached hydrogens (tertiary/aromatic N) is 6. The number of hydrogen-bond donors (Lipinski definition) is 1. The van der Waals surface area contributed by atoms with Crippen LogP contribution in [0.3, 0.4) is 0 Å². The molecule has 31 heavy (non-hydrogen) atoms. The third-order valence-electron chi connectivity index (χ3n) is 5.40. The number of rotatable bonds is 3. The fourth-order valence-electron chi connectivity index (χ4n) is 3.89. The number of aromatic nitrogens is 5. The van der Waals surface area contributed by atoms with Gasteiger partial charge >= 0.3 is 6.03 Å². The molecule has 0 atom stereocenters. The fraction of sp³-hybridized carbons (Fsp3) is 0.182. The lowest BCUT2D eigenvalue weighted by atomic mass is 10.0. The summed E-state index contributed by atoms with van der Waals surface area (Å²) in [5.41, 5.74) is 4.05. The van der Waals surface area contributed by atoms with Crippen LogP contribution in [0.25, 0.3) is 17.2 Å². The Morgan fingerprint density at radius 2 is 1.97 bits per heavy atom. The number of nitrogens with one attached hydrogen (secondary N) is 1. The van der Waals surface area contributed by atoms with Gasteiger partial charge in [0.2, 0.25) is 0 Å². The second-order valence-electron chi connectivity index (χ2n) is 7.37. The molecule has 5 rings (SSSR count). The first kappa shape index (κ1) is 19.0. The van der Waals surface area contributed by atoms with Crippen LogP contribution in [0.4, 0.5) is 14.9 Å². The number of carbonyl (C=O) groups excluding carboxylic acids is 1.